The maximum Gasteiger partial charge on any atom is 0.223 e. The molecule has 2 aromatic rings. The lowest BCUT2D eigenvalue weighted by Gasteiger charge is -2.20. The van der Waals surface area contributed by atoms with Crippen molar-refractivity contribution in [1.82, 2.24) is 25.4 Å². The van der Waals surface area contributed by atoms with E-state index in [4.69, 9.17) is 4.52 Å². The molecule has 0 spiro atoms. The molecule has 0 radical (unpaired) electrons. The molecule has 1 amide bonds. The molecule has 0 bridgehead atoms. The number of nitrogens with one attached hydrogen (secondary N) is 2. The monoisotopic (exact) mass is 303 g/mol. The van der Waals surface area contributed by atoms with Crippen LogP contribution in [0, 0.1) is 12.8 Å². The smallest absolute Gasteiger partial charge is 0.223 e. The van der Waals surface area contributed by atoms with Crippen molar-refractivity contribution in [3.05, 3.63) is 28.9 Å². The summed E-state index contributed by atoms with van der Waals surface area (Å²) < 4.78 is 4.89. The van der Waals surface area contributed by atoms with Gasteiger partial charge in [0.1, 0.15) is 5.82 Å². The van der Waals surface area contributed by atoms with Gasteiger partial charge in [0.05, 0.1) is 12.2 Å². The average Bonchev–Trinajstić information content (AvgIpc) is 3.09. The second-order valence-electron chi connectivity index (χ2n) is 6.09. The van der Waals surface area contributed by atoms with E-state index in [9.17, 15) is 4.79 Å². The molecule has 2 heterocycles. The summed E-state index contributed by atoms with van der Waals surface area (Å²) in [6.45, 7) is 6.26. The first-order chi connectivity index (χ1) is 10.5. The van der Waals surface area contributed by atoms with Gasteiger partial charge < -0.3 is 14.8 Å². The van der Waals surface area contributed by atoms with Gasteiger partial charge in [-0.25, -0.2) is 4.98 Å². The fourth-order valence-corrected chi connectivity index (χ4v) is 2.72. The number of H-pyrrole nitrogens is 1. The van der Waals surface area contributed by atoms with Gasteiger partial charge in [-0.05, 0) is 12.8 Å². The van der Waals surface area contributed by atoms with Crippen LogP contribution in [0.15, 0.2) is 4.52 Å². The zero-order valence-electron chi connectivity index (χ0n) is 13.1. The van der Waals surface area contributed by atoms with Gasteiger partial charge in [0.2, 0.25) is 11.8 Å². The highest BCUT2D eigenvalue weighted by Gasteiger charge is 2.27. The van der Waals surface area contributed by atoms with E-state index in [1.165, 1.54) is 0 Å². The van der Waals surface area contributed by atoms with E-state index < -0.39 is 0 Å². The first kappa shape index (κ1) is 14.7. The molecule has 0 fully saturated rings. The molecule has 3 rings (SSSR count). The van der Waals surface area contributed by atoms with Gasteiger partial charge in [0, 0.05) is 30.9 Å². The maximum absolute atomic E-state index is 12.3. The third-order valence-electron chi connectivity index (χ3n) is 3.97. The van der Waals surface area contributed by atoms with Crippen molar-refractivity contribution in [3.8, 4) is 0 Å². The number of rotatable bonds is 4. The Labute approximate surface area is 128 Å². The van der Waals surface area contributed by atoms with Crippen molar-refractivity contribution >= 4 is 5.91 Å². The molecule has 7 nitrogen and oxygen atoms in total. The first-order valence-electron chi connectivity index (χ1n) is 7.67. The van der Waals surface area contributed by atoms with E-state index in [2.05, 4.69) is 39.3 Å². The van der Waals surface area contributed by atoms with Crippen LogP contribution >= 0.6 is 0 Å². The summed E-state index contributed by atoms with van der Waals surface area (Å²) in [6, 6.07) is 0. The number of hydrogen-bond acceptors (Lipinski definition) is 5. The van der Waals surface area contributed by atoms with E-state index in [1.807, 2.05) is 0 Å². The molecule has 7 heteroatoms. The van der Waals surface area contributed by atoms with Crippen molar-refractivity contribution in [3.63, 3.8) is 0 Å². The van der Waals surface area contributed by atoms with Crippen LogP contribution in [0.5, 0.6) is 0 Å². The molecule has 0 saturated carbocycles. The quantitative estimate of drug-likeness (QED) is 0.895. The fraction of sp³-hybridized carbons (Fsp3) is 0.600. The molecule has 118 valence electrons. The zero-order valence-corrected chi connectivity index (χ0v) is 13.1. The first-order valence-corrected chi connectivity index (χ1v) is 7.67. The molecule has 2 N–H and O–H groups in total. The summed E-state index contributed by atoms with van der Waals surface area (Å²) in [6.07, 6.45) is 2.39. The second kappa shape index (κ2) is 5.90. The molecule has 1 aliphatic carbocycles. The van der Waals surface area contributed by atoms with Gasteiger partial charge in [-0.1, -0.05) is 19.0 Å². The number of aryl methyl sites for hydroxylation is 2. The van der Waals surface area contributed by atoms with Gasteiger partial charge in [-0.15, -0.1) is 0 Å². The predicted octanol–water partition coefficient (Wildman–Crippen LogP) is 1.65. The minimum absolute atomic E-state index is 0.0269. The van der Waals surface area contributed by atoms with Gasteiger partial charge >= 0.3 is 0 Å². The van der Waals surface area contributed by atoms with Crippen LogP contribution < -0.4 is 5.32 Å². The summed E-state index contributed by atoms with van der Waals surface area (Å²) in [5.41, 5.74) is 2.21. The fourth-order valence-electron chi connectivity index (χ4n) is 2.72. The van der Waals surface area contributed by atoms with Crippen LogP contribution in [0.25, 0.3) is 0 Å². The van der Waals surface area contributed by atoms with E-state index in [1.54, 1.807) is 6.92 Å². The molecular weight excluding hydrogens is 282 g/mol. The van der Waals surface area contributed by atoms with E-state index in [0.29, 0.717) is 30.6 Å². The Kier molecular flexibility index (Phi) is 3.96. The highest BCUT2D eigenvalue weighted by atomic mass is 16.5. The summed E-state index contributed by atoms with van der Waals surface area (Å²) in [7, 11) is 0. The van der Waals surface area contributed by atoms with Crippen LogP contribution in [-0.4, -0.2) is 26.0 Å². The average molecular weight is 303 g/mol. The third kappa shape index (κ3) is 3.03. The van der Waals surface area contributed by atoms with Crippen molar-refractivity contribution in [2.45, 2.75) is 52.5 Å². The lowest BCUT2D eigenvalue weighted by molar-refractivity contribution is -0.125. The number of imidazole rings is 1. The third-order valence-corrected chi connectivity index (χ3v) is 3.97. The lowest BCUT2D eigenvalue weighted by Crippen LogP contribution is -2.34. The van der Waals surface area contributed by atoms with Crippen LogP contribution in [0.4, 0.5) is 0 Å². The molecule has 0 aromatic carbocycles. The van der Waals surface area contributed by atoms with Crippen molar-refractivity contribution in [1.29, 1.82) is 0 Å². The Balaban J connectivity index is 1.60. The van der Waals surface area contributed by atoms with Crippen molar-refractivity contribution in [2.24, 2.45) is 5.92 Å². The Bertz CT molecular complexity index is 673. The van der Waals surface area contributed by atoms with Crippen LogP contribution in [0.2, 0.25) is 0 Å². The van der Waals surface area contributed by atoms with Crippen LogP contribution in [0.1, 0.15) is 55.1 Å². The number of carbonyl (C=O) groups excluding carboxylic acids is 1. The van der Waals surface area contributed by atoms with E-state index in [0.717, 1.165) is 30.1 Å². The number of fused-ring (bicyclic) bond motifs is 1. The Morgan fingerprint density at radius 1 is 1.45 bits per heavy atom. The molecule has 2 aromatic heterocycles. The maximum atomic E-state index is 12.3. The molecular formula is C15H21N5O2. The normalized spacial score (nSPS) is 17.5. The summed E-state index contributed by atoms with van der Waals surface area (Å²) >= 11 is 0. The van der Waals surface area contributed by atoms with Crippen LogP contribution in [-0.2, 0) is 24.2 Å². The van der Waals surface area contributed by atoms with Crippen molar-refractivity contribution < 1.29 is 9.32 Å². The summed E-state index contributed by atoms with van der Waals surface area (Å²) in [4.78, 5) is 24.4. The highest BCUT2D eigenvalue weighted by Crippen LogP contribution is 2.26. The Hall–Kier alpha value is -2.18. The van der Waals surface area contributed by atoms with Crippen LogP contribution in [0.3, 0.4) is 0 Å². The van der Waals surface area contributed by atoms with E-state index >= 15 is 0 Å². The summed E-state index contributed by atoms with van der Waals surface area (Å²) in [5.74, 6) is 2.40. The van der Waals surface area contributed by atoms with Gasteiger partial charge in [0.15, 0.2) is 5.82 Å². The number of carbonyl (C=O) groups is 1. The second-order valence-corrected chi connectivity index (χ2v) is 6.09. The number of aromatic amines is 1. The molecule has 0 aliphatic heterocycles. The minimum Gasteiger partial charge on any atom is -0.348 e. The number of hydrogen-bond donors (Lipinski definition) is 2. The summed E-state index contributed by atoms with van der Waals surface area (Å²) in [5, 5.41) is 6.66. The Morgan fingerprint density at radius 3 is 2.95 bits per heavy atom. The highest BCUT2D eigenvalue weighted by molar-refractivity contribution is 5.79. The lowest BCUT2D eigenvalue weighted by atomic mass is 9.89. The van der Waals surface area contributed by atoms with E-state index in [-0.39, 0.29) is 11.8 Å². The van der Waals surface area contributed by atoms with Gasteiger partial charge in [-0.3, -0.25) is 4.79 Å². The standard InChI is InChI=1S/C15H21N5O2/c1-8(2)14-18-11-5-4-10(6-12(11)19-14)15(21)16-7-13-17-9(3)22-20-13/h8,10H,4-7H2,1-3H3,(H,16,21)(H,18,19). The zero-order chi connectivity index (χ0) is 15.7. The SMILES string of the molecule is Cc1nc(CNC(=O)C2CCc3nc(C(C)C)[nH]c3C2)no1. The predicted molar refractivity (Wildman–Crippen MR) is 79.1 cm³/mol. The largest absolute Gasteiger partial charge is 0.348 e. The molecule has 1 atom stereocenters. The van der Waals surface area contributed by atoms with Gasteiger partial charge in [0.25, 0.3) is 0 Å². The molecule has 22 heavy (non-hydrogen) atoms. The molecule has 0 saturated heterocycles. The van der Waals surface area contributed by atoms with Crippen molar-refractivity contribution in [2.75, 3.05) is 0 Å². The number of nitrogens with zero attached hydrogens (tertiary/aromatic N) is 3. The Morgan fingerprint density at radius 2 is 2.27 bits per heavy atom. The topological polar surface area (TPSA) is 96.7 Å². The number of amides is 1. The minimum atomic E-state index is -0.0269. The number of aromatic nitrogens is 4. The van der Waals surface area contributed by atoms with Gasteiger partial charge in [-0.2, -0.15) is 4.98 Å². The molecule has 1 unspecified atom stereocenters. The molecule has 1 aliphatic rings.